The van der Waals surface area contributed by atoms with Gasteiger partial charge in [0, 0.05) is 6.08 Å². The SMILES string of the molecule is O=C1C=CC(Br)C(Cl)=N1. The summed E-state index contributed by atoms with van der Waals surface area (Å²) in [6.45, 7) is 0. The second kappa shape index (κ2) is 2.62. The Morgan fingerprint density at radius 2 is 2.44 bits per heavy atom. The zero-order valence-corrected chi connectivity index (χ0v) is 6.69. The maximum Gasteiger partial charge on any atom is 0.270 e. The molecule has 0 bridgehead atoms. The Morgan fingerprint density at radius 1 is 1.78 bits per heavy atom. The van der Waals surface area contributed by atoms with Crippen LogP contribution in [0.15, 0.2) is 17.1 Å². The van der Waals surface area contributed by atoms with Crippen molar-refractivity contribution >= 4 is 38.6 Å². The first-order valence-corrected chi connectivity index (χ1v) is 3.60. The second-order valence-electron chi connectivity index (χ2n) is 1.53. The molecule has 1 rings (SSSR count). The molecule has 1 aliphatic heterocycles. The van der Waals surface area contributed by atoms with Crippen molar-refractivity contribution in [1.82, 2.24) is 0 Å². The zero-order chi connectivity index (χ0) is 6.85. The number of halogens is 2. The van der Waals surface area contributed by atoms with Crippen molar-refractivity contribution < 1.29 is 4.79 Å². The van der Waals surface area contributed by atoms with Crippen molar-refractivity contribution in [3.05, 3.63) is 12.2 Å². The molecular formula is C5H3BrClNO. The highest BCUT2D eigenvalue weighted by Crippen LogP contribution is 2.11. The van der Waals surface area contributed by atoms with Crippen LogP contribution in [0.3, 0.4) is 0 Å². The van der Waals surface area contributed by atoms with Crippen LogP contribution in [0.25, 0.3) is 0 Å². The van der Waals surface area contributed by atoms with Crippen LogP contribution in [-0.2, 0) is 4.79 Å². The van der Waals surface area contributed by atoms with Gasteiger partial charge in [0.1, 0.15) is 5.17 Å². The lowest BCUT2D eigenvalue weighted by atomic mass is 10.3. The summed E-state index contributed by atoms with van der Waals surface area (Å²) in [6.07, 6.45) is 3.03. The molecule has 0 spiro atoms. The fourth-order valence-electron chi connectivity index (χ4n) is 0.450. The molecule has 0 saturated carbocycles. The van der Waals surface area contributed by atoms with Crippen LogP contribution in [0.1, 0.15) is 0 Å². The lowest BCUT2D eigenvalue weighted by molar-refractivity contribution is -0.113. The average molecular weight is 208 g/mol. The van der Waals surface area contributed by atoms with Crippen LogP contribution in [0, 0.1) is 0 Å². The third-order valence-electron chi connectivity index (χ3n) is 0.852. The van der Waals surface area contributed by atoms with Crippen molar-refractivity contribution in [1.29, 1.82) is 0 Å². The summed E-state index contributed by atoms with van der Waals surface area (Å²) in [5.74, 6) is -0.296. The molecule has 0 radical (unpaired) electrons. The number of dihydropyridines is 1. The van der Waals surface area contributed by atoms with Gasteiger partial charge in [-0.05, 0) is 0 Å². The van der Waals surface area contributed by atoms with Gasteiger partial charge in [-0.15, -0.1) is 0 Å². The lowest BCUT2D eigenvalue weighted by Gasteiger charge is -2.03. The number of aliphatic imine (C=N–C) groups is 1. The second-order valence-corrected chi connectivity index (χ2v) is 2.91. The molecule has 0 N–H and O–H groups in total. The van der Waals surface area contributed by atoms with Gasteiger partial charge < -0.3 is 0 Å². The van der Waals surface area contributed by atoms with E-state index in [2.05, 4.69) is 20.9 Å². The van der Waals surface area contributed by atoms with Crippen LogP contribution in [0.2, 0.25) is 0 Å². The fourth-order valence-corrected chi connectivity index (χ4v) is 0.861. The van der Waals surface area contributed by atoms with Gasteiger partial charge in [-0.2, -0.15) is 0 Å². The van der Waals surface area contributed by atoms with E-state index in [9.17, 15) is 4.79 Å². The van der Waals surface area contributed by atoms with Gasteiger partial charge in [0.2, 0.25) is 0 Å². The first-order valence-electron chi connectivity index (χ1n) is 2.30. The highest BCUT2D eigenvalue weighted by atomic mass is 79.9. The Kier molecular flexibility index (Phi) is 2.03. The average Bonchev–Trinajstić information content (AvgIpc) is 1.80. The molecule has 1 unspecified atom stereocenters. The number of hydrogen-bond donors (Lipinski definition) is 0. The summed E-state index contributed by atoms with van der Waals surface area (Å²) in [5, 5.41) is 0.294. The Hall–Kier alpha value is -0.150. The molecule has 9 heavy (non-hydrogen) atoms. The normalized spacial score (nSPS) is 26.2. The summed E-state index contributed by atoms with van der Waals surface area (Å²) < 4.78 is 0. The van der Waals surface area contributed by atoms with E-state index >= 15 is 0 Å². The van der Waals surface area contributed by atoms with Crippen LogP contribution < -0.4 is 0 Å². The maximum atomic E-state index is 10.4. The van der Waals surface area contributed by atoms with Crippen molar-refractivity contribution in [2.75, 3.05) is 0 Å². The molecule has 2 nitrogen and oxygen atoms in total. The number of allylic oxidation sites excluding steroid dienone is 1. The Labute approximate surface area is 65.7 Å². The van der Waals surface area contributed by atoms with E-state index in [1.54, 1.807) is 6.08 Å². The fraction of sp³-hybridized carbons (Fsp3) is 0.200. The molecule has 1 amide bonds. The van der Waals surface area contributed by atoms with Gasteiger partial charge in [-0.3, -0.25) is 4.79 Å². The topological polar surface area (TPSA) is 29.4 Å². The van der Waals surface area contributed by atoms with Crippen molar-refractivity contribution in [3.63, 3.8) is 0 Å². The van der Waals surface area contributed by atoms with Gasteiger partial charge >= 0.3 is 0 Å². The van der Waals surface area contributed by atoms with E-state index in [-0.39, 0.29) is 10.7 Å². The molecular weight excluding hydrogens is 205 g/mol. The monoisotopic (exact) mass is 207 g/mol. The molecule has 0 aromatic carbocycles. The van der Waals surface area contributed by atoms with Crippen LogP contribution in [-0.4, -0.2) is 15.9 Å². The van der Waals surface area contributed by atoms with Crippen molar-refractivity contribution in [2.24, 2.45) is 4.99 Å². The predicted molar refractivity (Wildman–Crippen MR) is 40.2 cm³/mol. The first-order chi connectivity index (χ1) is 4.20. The van der Waals surface area contributed by atoms with E-state index in [1.165, 1.54) is 6.08 Å². The molecule has 1 atom stereocenters. The van der Waals surface area contributed by atoms with Gasteiger partial charge in [0.15, 0.2) is 0 Å². The lowest BCUT2D eigenvalue weighted by Crippen LogP contribution is -2.11. The Morgan fingerprint density at radius 3 is 2.89 bits per heavy atom. The van der Waals surface area contributed by atoms with Crippen LogP contribution >= 0.6 is 27.5 Å². The molecule has 0 aromatic heterocycles. The molecule has 0 saturated heterocycles. The predicted octanol–water partition coefficient (Wildman–Crippen LogP) is 1.48. The van der Waals surface area contributed by atoms with E-state index < -0.39 is 0 Å². The van der Waals surface area contributed by atoms with Gasteiger partial charge in [0.25, 0.3) is 5.91 Å². The minimum absolute atomic E-state index is 0.0862. The summed E-state index contributed by atoms with van der Waals surface area (Å²) in [5.41, 5.74) is 0. The van der Waals surface area contributed by atoms with Gasteiger partial charge in [-0.25, -0.2) is 4.99 Å². The number of hydrogen-bond acceptors (Lipinski definition) is 1. The number of nitrogens with zero attached hydrogens (tertiary/aromatic N) is 1. The van der Waals surface area contributed by atoms with Crippen LogP contribution in [0.4, 0.5) is 0 Å². The minimum Gasteiger partial charge on any atom is -0.267 e. The number of alkyl halides is 1. The summed E-state index contributed by atoms with van der Waals surface area (Å²) in [4.78, 5) is 13.8. The first kappa shape index (κ1) is 6.96. The number of carbonyl (C=O) groups excluding carboxylic acids is 1. The summed E-state index contributed by atoms with van der Waals surface area (Å²) in [7, 11) is 0. The van der Waals surface area contributed by atoms with Gasteiger partial charge in [0.05, 0.1) is 4.83 Å². The maximum absolute atomic E-state index is 10.4. The van der Waals surface area contributed by atoms with Gasteiger partial charge in [-0.1, -0.05) is 33.6 Å². The zero-order valence-electron chi connectivity index (χ0n) is 4.34. The van der Waals surface area contributed by atoms with E-state index in [0.29, 0.717) is 5.17 Å². The molecule has 1 aliphatic rings. The van der Waals surface area contributed by atoms with Crippen molar-refractivity contribution in [3.8, 4) is 0 Å². The number of amides is 1. The Bertz CT molecular complexity index is 199. The Balaban J connectivity index is 2.82. The number of rotatable bonds is 0. The largest absolute Gasteiger partial charge is 0.270 e. The highest BCUT2D eigenvalue weighted by Gasteiger charge is 2.11. The molecule has 0 aromatic rings. The van der Waals surface area contributed by atoms with Crippen LogP contribution in [0.5, 0.6) is 0 Å². The van der Waals surface area contributed by atoms with E-state index in [4.69, 9.17) is 11.6 Å². The molecule has 4 heteroatoms. The molecule has 0 fully saturated rings. The summed E-state index contributed by atoms with van der Waals surface area (Å²) in [6, 6.07) is 0. The highest BCUT2D eigenvalue weighted by molar-refractivity contribution is 9.10. The smallest absolute Gasteiger partial charge is 0.267 e. The molecule has 0 aliphatic carbocycles. The summed E-state index contributed by atoms with van der Waals surface area (Å²) >= 11 is 8.67. The third kappa shape index (κ3) is 1.63. The van der Waals surface area contributed by atoms with E-state index in [1.807, 2.05) is 0 Å². The van der Waals surface area contributed by atoms with E-state index in [0.717, 1.165) is 0 Å². The minimum atomic E-state index is -0.296. The van der Waals surface area contributed by atoms with Crippen molar-refractivity contribution in [2.45, 2.75) is 4.83 Å². The standard InChI is InChI=1S/C5H3BrClNO/c6-3-1-2-4(9)8-5(3)7/h1-3H. The number of carbonyl (C=O) groups is 1. The molecule has 48 valence electrons. The molecule has 1 heterocycles. The quantitative estimate of drug-likeness (QED) is 0.555. The third-order valence-corrected chi connectivity index (χ3v) is 2.17.